The van der Waals surface area contributed by atoms with Gasteiger partial charge in [-0.05, 0) is 47.7 Å². The number of fused-ring (bicyclic) bond motifs is 2. The molecular weight excluding hydrogens is 310 g/mol. The lowest BCUT2D eigenvalue weighted by atomic mass is 9.75. The highest BCUT2D eigenvalue weighted by Gasteiger charge is 2.43. The van der Waals surface area contributed by atoms with E-state index in [2.05, 4.69) is 29.3 Å². The molecule has 0 bridgehead atoms. The molecule has 1 fully saturated rings. The van der Waals surface area contributed by atoms with Crippen molar-refractivity contribution in [2.45, 2.75) is 24.7 Å². The van der Waals surface area contributed by atoms with Crippen LogP contribution in [0.4, 0.5) is 0 Å². The Morgan fingerprint density at radius 1 is 1.00 bits per heavy atom. The number of nitriles is 2. The first-order chi connectivity index (χ1) is 12.3. The molecule has 1 saturated heterocycles. The zero-order valence-corrected chi connectivity index (χ0v) is 13.8. The molecule has 0 atom stereocenters. The van der Waals surface area contributed by atoms with Gasteiger partial charge in [0.15, 0.2) is 0 Å². The van der Waals surface area contributed by atoms with Crippen molar-refractivity contribution in [1.29, 1.82) is 10.5 Å². The highest BCUT2D eigenvalue weighted by molar-refractivity contribution is 6.07. The van der Waals surface area contributed by atoms with Crippen LogP contribution in [0.1, 0.15) is 36.0 Å². The largest absolute Gasteiger partial charge is 0.381 e. The van der Waals surface area contributed by atoms with Gasteiger partial charge < -0.3 is 4.74 Å². The molecule has 1 aliphatic carbocycles. The van der Waals surface area contributed by atoms with E-state index in [1.807, 2.05) is 24.4 Å². The Bertz CT molecular complexity index is 940. The first kappa shape index (κ1) is 15.6. The molecule has 0 saturated carbocycles. The molecule has 0 radical (unpaired) electrons. The Morgan fingerprint density at radius 3 is 2.56 bits per heavy atom. The van der Waals surface area contributed by atoms with Crippen molar-refractivity contribution in [2.75, 3.05) is 13.2 Å². The van der Waals surface area contributed by atoms with Gasteiger partial charge in [-0.25, -0.2) is 0 Å². The first-order valence-corrected chi connectivity index (χ1v) is 8.45. The summed E-state index contributed by atoms with van der Waals surface area (Å²) < 4.78 is 5.55. The average molecular weight is 327 g/mol. The molecular formula is C21H17N3O. The van der Waals surface area contributed by atoms with E-state index in [1.54, 1.807) is 6.07 Å². The maximum absolute atomic E-state index is 9.12. The Balaban J connectivity index is 1.83. The van der Waals surface area contributed by atoms with Gasteiger partial charge in [0.1, 0.15) is 0 Å². The minimum absolute atomic E-state index is 0.0519. The van der Waals surface area contributed by atoms with E-state index in [9.17, 15) is 0 Å². The topological polar surface area (TPSA) is 69.2 Å². The molecule has 25 heavy (non-hydrogen) atoms. The third-order valence-corrected chi connectivity index (χ3v) is 5.37. The molecule has 4 rings (SSSR count). The van der Waals surface area contributed by atoms with Crippen LogP contribution in [0.25, 0.3) is 11.1 Å². The van der Waals surface area contributed by atoms with Crippen molar-refractivity contribution >= 4 is 5.71 Å². The zero-order valence-electron chi connectivity index (χ0n) is 13.8. The van der Waals surface area contributed by atoms with E-state index in [1.165, 1.54) is 5.56 Å². The molecule has 2 aromatic rings. The molecule has 4 heteroatoms. The lowest BCUT2D eigenvalue weighted by Crippen LogP contribution is -2.31. The van der Waals surface area contributed by atoms with Crippen LogP contribution in [-0.2, 0) is 10.2 Å². The molecule has 122 valence electrons. The zero-order chi connectivity index (χ0) is 17.3. The number of ether oxygens (including phenoxy) is 1. The van der Waals surface area contributed by atoms with Crippen LogP contribution < -0.4 is 0 Å². The number of rotatable bonds is 1. The van der Waals surface area contributed by atoms with E-state index in [0.717, 1.165) is 54.9 Å². The second kappa shape index (κ2) is 6.16. The third-order valence-electron chi connectivity index (χ3n) is 5.37. The quantitative estimate of drug-likeness (QED) is 0.745. The average Bonchev–Trinajstić information content (AvgIpc) is 2.95. The predicted molar refractivity (Wildman–Crippen MR) is 95.1 cm³/mol. The predicted octanol–water partition coefficient (Wildman–Crippen LogP) is 3.95. The highest BCUT2D eigenvalue weighted by Crippen LogP contribution is 2.47. The van der Waals surface area contributed by atoms with Crippen LogP contribution in [0.15, 0.2) is 47.5 Å². The standard InChI is InChI=1S/C21H17N3O/c22-13-15-2-1-3-16(10-15)17-4-5-19-18(11-17)20(24-14-23)12-21(19)6-8-25-9-7-21/h1-5,10-11H,6-9,12H2/b24-20+. The summed E-state index contributed by atoms with van der Waals surface area (Å²) >= 11 is 0. The van der Waals surface area contributed by atoms with Crippen LogP contribution in [-0.4, -0.2) is 18.9 Å². The van der Waals surface area contributed by atoms with Gasteiger partial charge in [-0.2, -0.15) is 15.5 Å². The third kappa shape index (κ3) is 2.61. The maximum atomic E-state index is 9.12. The van der Waals surface area contributed by atoms with Gasteiger partial charge in [0, 0.05) is 30.6 Å². The minimum atomic E-state index is 0.0519. The van der Waals surface area contributed by atoms with Gasteiger partial charge in [-0.15, -0.1) is 0 Å². The number of aliphatic imine (C=N–C) groups is 1. The van der Waals surface area contributed by atoms with Crippen molar-refractivity contribution in [1.82, 2.24) is 0 Å². The van der Waals surface area contributed by atoms with Gasteiger partial charge in [-0.1, -0.05) is 24.3 Å². The monoisotopic (exact) mass is 327 g/mol. The normalized spacial score (nSPS) is 19.4. The molecule has 2 aliphatic rings. The van der Waals surface area contributed by atoms with E-state index < -0.39 is 0 Å². The fraction of sp³-hybridized carbons (Fsp3) is 0.286. The molecule has 0 unspecified atom stereocenters. The summed E-state index contributed by atoms with van der Waals surface area (Å²) in [7, 11) is 0. The summed E-state index contributed by atoms with van der Waals surface area (Å²) in [6.07, 6.45) is 4.70. The van der Waals surface area contributed by atoms with Crippen LogP contribution in [0, 0.1) is 22.8 Å². The highest BCUT2D eigenvalue weighted by atomic mass is 16.5. The van der Waals surface area contributed by atoms with Crippen molar-refractivity contribution < 1.29 is 4.74 Å². The summed E-state index contributed by atoms with van der Waals surface area (Å²) in [4.78, 5) is 4.11. The van der Waals surface area contributed by atoms with Crippen LogP contribution in [0.2, 0.25) is 0 Å². The smallest absolute Gasteiger partial charge is 0.205 e. The number of benzene rings is 2. The number of hydrogen-bond donors (Lipinski definition) is 0. The number of nitrogens with zero attached hydrogens (tertiary/aromatic N) is 3. The molecule has 1 aliphatic heterocycles. The minimum Gasteiger partial charge on any atom is -0.381 e. The lowest BCUT2D eigenvalue weighted by molar-refractivity contribution is 0.0541. The fourth-order valence-corrected chi connectivity index (χ4v) is 4.07. The van der Waals surface area contributed by atoms with Crippen molar-refractivity contribution in [3.05, 3.63) is 59.2 Å². The number of hydrogen-bond acceptors (Lipinski definition) is 4. The summed E-state index contributed by atoms with van der Waals surface area (Å²) in [6, 6.07) is 16.2. The summed E-state index contributed by atoms with van der Waals surface area (Å²) in [5.41, 5.74) is 5.98. The van der Waals surface area contributed by atoms with Gasteiger partial charge >= 0.3 is 0 Å². The molecule has 0 aromatic heterocycles. The molecule has 0 amide bonds. The van der Waals surface area contributed by atoms with Gasteiger partial charge in [0.05, 0.1) is 17.3 Å². The second-order valence-electron chi connectivity index (χ2n) is 6.68. The molecule has 2 aromatic carbocycles. The molecule has 4 nitrogen and oxygen atoms in total. The van der Waals surface area contributed by atoms with Gasteiger partial charge in [-0.3, -0.25) is 0 Å². The van der Waals surface area contributed by atoms with Crippen LogP contribution in [0.5, 0.6) is 0 Å². The van der Waals surface area contributed by atoms with Crippen LogP contribution >= 0.6 is 0 Å². The summed E-state index contributed by atoms with van der Waals surface area (Å²) in [5, 5.41) is 18.2. The van der Waals surface area contributed by atoms with Crippen molar-refractivity contribution in [2.24, 2.45) is 4.99 Å². The Labute approximate surface area is 147 Å². The lowest BCUT2D eigenvalue weighted by Gasteiger charge is -2.34. The summed E-state index contributed by atoms with van der Waals surface area (Å²) in [6.45, 7) is 1.51. The molecule has 1 spiro atoms. The fourth-order valence-electron chi connectivity index (χ4n) is 4.07. The Hall–Kier alpha value is -2.95. The summed E-state index contributed by atoms with van der Waals surface area (Å²) in [5.74, 6) is 0. The van der Waals surface area contributed by atoms with Crippen molar-refractivity contribution in [3.63, 3.8) is 0 Å². The van der Waals surface area contributed by atoms with Gasteiger partial charge in [0.25, 0.3) is 0 Å². The van der Waals surface area contributed by atoms with Crippen LogP contribution in [0.3, 0.4) is 0 Å². The van der Waals surface area contributed by atoms with E-state index >= 15 is 0 Å². The first-order valence-electron chi connectivity index (χ1n) is 8.45. The molecule has 0 N–H and O–H groups in total. The van der Waals surface area contributed by atoms with E-state index in [4.69, 9.17) is 15.3 Å². The Morgan fingerprint density at radius 2 is 1.80 bits per heavy atom. The second-order valence-corrected chi connectivity index (χ2v) is 6.68. The van der Waals surface area contributed by atoms with E-state index in [-0.39, 0.29) is 5.41 Å². The van der Waals surface area contributed by atoms with Crippen molar-refractivity contribution in [3.8, 4) is 23.4 Å². The maximum Gasteiger partial charge on any atom is 0.205 e. The SMILES string of the molecule is N#C/N=C1\CC2(CCOCC2)c2ccc(-c3cccc(C#N)c3)cc21. The molecule has 1 heterocycles. The van der Waals surface area contributed by atoms with Gasteiger partial charge in [0.2, 0.25) is 6.19 Å². The Kier molecular flexibility index (Phi) is 3.84. The van der Waals surface area contributed by atoms with E-state index in [0.29, 0.717) is 5.56 Å².